The largest absolute Gasteiger partial charge is 0.0651 e. The minimum atomic E-state index is 1.02. The van der Waals surface area contributed by atoms with Crippen LogP contribution in [0.1, 0.15) is 78.6 Å². The second kappa shape index (κ2) is 5.57. The molecule has 4 aliphatic rings. The van der Waals surface area contributed by atoms with E-state index in [-0.39, 0.29) is 0 Å². The van der Waals surface area contributed by atoms with Gasteiger partial charge in [0.05, 0.1) is 0 Å². The van der Waals surface area contributed by atoms with Gasteiger partial charge in [0, 0.05) is 0 Å². The average Bonchev–Trinajstić information content (AvgIpc) is 2.88. The van der Waals surface area contributed by atoms with Gasteiger partial charge in [-0.05, 0) is 85.4 Å². The quantitative estimate of drug-likeness (QED) is 0.542. The molecule has 120 valence electrons. The highest BCUT2D eigenvalue weighted by molar-refractivity contribution is 5.03. The van der Waals surface area contributed by atoms with Crippen LogP contribution < -0.4 is 0 Å². The monoisotopic (exact) mass is 288 g/mol. The van der Waals surface area contributed by atoms with Crippen molar-refractivity contribution in [2.45, 2.75) is 78.6 Å². The Hall–Kier alpha value is 0. The van der Waals surface area contributed by atoms with Gasteiger partial charge in [-0.25, -0.2) is 0 Å². The zero-order valence-corrected chi connectivity index (χ0v) is 14.6. The molecule has 0 heterocycles. The van der Waals surface area contributed by atoms with Crippen LogP contribution in [-0.2, 0) is 0 Å². The molecule has 0 aromatic carbocycles. The zero-order chi connectivity index (χ0) is 14.6. The lowest BCUT2D eigenvalue weighted by Crippen LogP contribution is -2.40. The number of rotatable bonds is 1. The van der Waals surface area contributed by atoms with Gasteiger partial charge in [0.15, 0.2) is 0 Å². The highest BCUT2D eigenvalue weighted by atomic mass is 14.6. The molecule has 0 saturated heterocycles. The van der Waals surface area contributed by atoms with Gasteiger partial charge in [0.2, 0.25) is 0 Å². The van der Waals surface area contributed by atoms with Crippen LogP contribution in [0.4, 0.5) is 0 Å². The predicted octanol–water partition coefficient (Wildman–Crippen LogP) is 6.16. The van der Waals surface area contributed by atoms with Gasteiger partial charge < -0.3 is 0 Å². The van der Waals surface area contributed by atoms with Gasteiger partial charge in [-0.1, -0.05) is 46.5 Å². The third-order valence-corrected chi connectivity index (χ3v) is 8.90. The van der Waals surface area contributed by atoms with Crippen LogP contribution in [0.25, 0.3) is 0 Å². The van der Waals surface area contributed by atoms with Gasteiger partial charge in [-0.15, -0.1) is 0 Å². The second-order valence-electron chi connectivity index (χ2n) is 9.30. The molecule has 0 aromatic heterocycles. The maximum atomic E-state index is 2.65. The van der Waals surface area contributed by atoms with Crippen molar-refractivity contribution in [3.05, 3.63) is 0 Å². The van der Waals surface area contributed by atoms with Gasteiger partial charge in [0.25, 0.3) is 0 Å². The highest BCUT2D eigenvalue weighted by Gasteiger charge is 2.54. The highest BCUT2D eigenvalue weighted by Crippen LogP contribution is 2.62. The first-order valence-corrected chi connectivity index (χ1v) is 10.2. The summed E-state index contributed by atoms with van der Waals surface area (Å²) in [7, 11) is 0. The van der Waals surface area contributed by atoms with E-state index in [2.05, 4.69) is 20.8 Å². The Kier molecular flexibility index (Phi) is 3.87. The van der Waals surface area contributed by atoms with Crippen molar-refractivity contribution in [3.8, 4) is 0 Å². The summed E-state index contributed by atoms with van der Waals surface area (Å²) in [6.07, 6.45) is 14.0. The first kappa shape index (κ1) is 14.6. The Morgan fingerprint density at radius 2 is 1.43 bits per heavy atom. The summed E-state index contributed by atoms with van der Waals surface area (Å²) in [6, 6.07) is 0. The maximum absolute atomic E-state index is 2.65. The molecular formula is C21H36. The van der Waals surface area contributed by atoms with Crippen molar-refractivity contribution >= 4 is 0 Å². The molecule has 0 amide bonds. The van der Waals surface area contributed by atoms with E-state index in [4.69, 9.17) is 0 Å². The summed E-state index contributed by atoms with van der Waals surface area (Å²) in [5.74, 6) is 9.80. The molecule has 4 aliphatic carbocycles. The number of hydrogen-bond donors (Lipinski definition) is 0. The fourth-order valence-corrected chi connectivity index (χ4v) is 7.77. The average molecular weight is 289 g/mol. The summed E-state index contributed by atoms with van der Waals surface area (Å²) in [6.45, 7) is 7.69. The first-order chi connectivity index (χ1) is 10.2. The van der Waals surface area contributed by atoms with Gasteiger partial charge >= 0.3 is 0 Å². The molecule has 0 spiro atoms. The Morgan fingerprint density at radius 1 is 0.667 bits per heavy atom. The molecule has 7 unspecified atom stereocenters. The van der Waals surface area contributed by atoms with Crippen LogP contribution in [0.3, 0.4) is 0 Å². The standard InChI is InChI=1S/C21H36/c1-4-15-9-10-18-19(13(15)2)12-20-14(3)17-8-6-5-7-16(17)11-21(18)20/h13-21H,4-12H2,1-3H3/t13?,14?,15?,16-,17+,18?,19?,20?,21?/m1/s1. The van der Waals surface area contributed by atoms with Crippen LogP contribution in [0.5, 0.6) is 0 Å². The molecule has 21 heavy (non-hydrogen) atoms. The SMILES string of the molecule is CCC1CCC2C(CC3C2C[C@H]2CCCC[C@H]2C3C)C1C. The lowest BCUT2D eigenvalue weighted by Gasteiger charge is -2.48. The Morgan fingerprint density at radius 3 is 2.24 bits per heavy atom. The van der Waals surface area contributed by atoms with E-state index in [0.29, 0.717) is 0 Å². The van der Waals surface area contributed by atoms with Crippen molar-refractivity contribution in [2.75, 3.05) is 0 Å². The fourth-order valence-electron chi connectivity index (χ4n) is 7.77. The van der Waals surface area contributed by atoms with E-state index in [1.54, 1.807) is 38.5 Å². The first-order valence-electron chi connectivity index (χ1n) is 10.2. The maximum Gasteiger partial charge on any atom is -0.0349 e. The van der Waals surface area contributed by atoms with Gasteiger partial charge in [-0.2, -0.15) is 0 Å². The topological polar surface area (TPSA) is 0 Å². The van der Waals surface area contributed by atoms with Crippen LogP contribution >= 0.6 is 0 Å². The molecule has 0 aromatic rings. The molecule has 4 fully saturated rings. The van der Waals surface area contributed by atoms with Crippen molar-refractivity contribution in [1.82, 2.24) is 0 Å². The normalized spacial score (nSPS) is 56.4. The summed E-state index contributed by atoms with van der Waals surface area (Å²) in [4.78, 5) is 0. The minimum Gasteiger partial charge on any atom is -0.0651 e. The lowest BCUT2D eigenvalue weighted by molar-refractivity contribution is 0.0141. The van der Waals surface area contributed by atoms with Crippen LogP contribution in [0.15, 0.2) is 0 Å². The third-order valence-electron chi connectivity index (χ3n) is 8.90. The number of fused-ring (bicyclic) bond motifs is 4. The van der Waals surface area contributed by atoms with Crippen molar-refractivity contribution in [1.29, 1.82) is 0 Å². The van der Waals surface area contributed by atoms with Gasteiger partial charge in [0.1, 0.15) is 0 Å². The molecule has 0 heteroatoms. The summed E-state index contributed by atoms with van der Waals surface area (Å²) in [5, 5.41) is 0. The predicted molar refractivity (Wildman–Crippen MR) is 90.0 cm³/mol. The van der Waals surface area contributed by atoms with Crippen molar-refractivity contribution in [3.63, 3.8) is 0 Å². The van der Waals surface area contributed by atoms with E-state index in [0.717, 1.165) is 53.3 Å². The van der Waals surface area contributed by atoms with Crippen LogP contribution in [0, 0.1) is 53.3 Å². The van der Waals surface area contributed by atoms with E-state index in [1.807, 2.05) is 0 Å². The second-order valence-corrected chi connectivity index (χ2v) is 9.30. The molecule has 0 radical (unpaired) electrons. The van der Waals surface area contributed by atoms with Crippen molar-refractivity contribution < 1.29 is 0 Å². The summed E-state index contributed by atoms with van der Waals surface area (Å²) < 4.78 is 0. The molecule has 9 atom stereocenters. The molecule has 4 rings (SSSR count). The Labute approximate surface area is 132 Å². The fraction of sp³-hybridized carbons (Fsp3) is 1.00. The van der Waals surface area contributed by atoms with Gasteiger partial charge in [-0.3, -0.25) is 0 Å². The Balaban J connectivity index is 1.56. The van der Waals surface area contributed by atoms with Crippen molar-refractivity contribution in [2.24, 2.45) is 53.3 Å². The minimum absolute atomic E-state index is 1.02. The number of hydrogen-bond acceptors (Lipinski definition) is 0. The van der Waals surface area contributed by atoms with E-state index in [9.17, 15) is 0 Å². The summed E-state index contributed by atoms with van der Waals surface area (Å²) >= 11 is 0. The van der Waals surface area contributed by atoms with Crippen LogP contribution in [-0.4, -0.2) is 0 Å². The molecular weight excluding hydrogens is 252 g/mol. The molecule has 0 aliphatic heterocycles. The van der Waals surface area contributed by atoms with Crippen LogP contribution in [0.2, 0.25) is 0 Å². The molecule has 0 nitrogen and oxygen atoms in total. The third kappa shape index (κ3) is 2.22. The van der Waals surface area contributed by atoms with E-state index >= 15 is 0 Å². The van der Waals surface area contributed by atoms with E-state index in [1.165, 1.54) is 19.3 Å². The summed E-state index contributed by atoms with van der Waals surface area (Å²) in [5.41, 5.74) is 0. The van der Waals surface area contributed by atoms with E-state index < -0.39 is 0 Å². The molecule has 4 saturated carbocycles. The Bertz CT molecular complexity index is 372. The molecule has 0 N–H and O–H groups in total. The lowest BCUT2D eigenvalue weighted by atomic mass is 9.57. The smallest absolute Gasteiger partial charge is 0.0349 e. The zero-order valence-electron chi connectivity index (χ0n) is 14.6. The molecule has 0 bridgehead atoms.